The zero-order valence-corrected chi connectivity index (χ0v) is 32.2. The van der Waals surface area contributed by atoms with Crippen molar-refractivity contribution < 1.29 is 0 Å². The van der Waals surface area contributed by atoms with Crippen molar-refractivity contribution in [3.63, 3.8) is 0 Å². The molecule has 1 atom stereocenters. The van der Waals surface area contributed by atoms with Gasteiger partial charge in [-0.1, -0.05) is 129 Å². The van der Waals surface area contributed by atoms with E-state index >= 15 is 0 Å². The van der Waals surface area contributed by atoms with Crippen LogP contribution in [0.15, 0.2) is 175 Å². The van der Waals surface area contributed by atoms with E-state index in [1.54, 1.807) is 12.4 Å². The monoisotopic (exact) mass is 746 g/mol. The maximum atomic E-state index is 5.23. The number of hydrogen-bond donors (Lipinski definition) is 0. The number of aromatic nitrogens is 5. The van der Waals surface area contributed by atoms with Crippen LogP contribution >= 0.6 is 0 Å². The lowest BCUT2D eigenvalue weighted by molar-refractivity contribution is 0.661. The van der Waals surface area contributed by atoms with Gasteiger partial charge in [0.05, 0.1) is 16.7 Å². The number of allylic oxidation sites excluding steroid dienone is 1. The van der Waals surface area contributed by atoms with Gasteiger partial charge in [0.15, 0.2) is 11.6 Å². The summed E-state index contributed by atoms with van der Waals surface area (Å²) in [6.07, 6.45) is 10.1. The molecule has 0 radical (unpaired) electrons. The number of para-hydroxylation sites is 1. The molecule has 58 heavy (non-hydrogen) atoms. The molecule has 9 aromatic rings. The van der Waals surface area contributed by atoms with Gasteiger partial charge in [0.1, 0.15) is 5.82 Å². The summed E-state index contributed by atoms with van der Waals surface area (Å²) in [5, 5.41) is 2.51. The molecule has 1 aliphatic heterocycles. The van der Waals surface area contributed by atoms with Crippen molar-refractivity contribution in [1.82, 2.24) is 24.5 Å². The van der Waals surface area contributed by atoms with Crippen LogP contribution in [0.2, 0.25) is 0 Å². The summed E-state index contributed by atoms with van der Waals surface area (Å²) in [6.45, 7) is 4.71. The highest BCUT2D eigenvalue weighted by molar-refractivity contribution is 6.18. The Labute approximate surface area is 337 Å². The Kier molecular flexibility index (Phi) is 7.86. The summed E-state index contributed by atoms with van der Waals surface area (Å²) in [7, 11) is 0. The molecule has 0 N–H and O–H groups in total. The van der Waals surface area contributed by atoms with Crippen molar-refractivity contribution in [1.29, 1.82) is 0 Å². The Hall–Kier alpha value is -7.31. The van der Waals surface area contributed by atoms with Gasteiger partial charge in [0, 0.05) is 69.2 Å². The van der Waals surface area contributed by atoms with Gasteiger partial charge in [0.25, 0.3) is 0 Å². The van der Waals surface area contributed by atoms with E-state index in [-0.39, 0.29) is 11.3 Å². The van der Waals surface area contributed by atoms with E-state index in [0.29, 0.717) is 17.5 Å². The van der Waals surface area contributed by atoms with Crippen LogP contribution in [0.4, 0.5) is 0 Å². The van der Waals surface area contributed by atoms with E-state index in [4.69, 9.17) is 15.0 Å². The van der Waals surface area contributed by atoms with Gasteiger partial charge >= 0.3 is 0 Å². The molecule has 4 heterocycles. The summed E-state index contributed by atoms with van der Waals surface area (Å²) in [6, 6.07) is 52.4. The zero-order valence-electron chi connectivity index (χ0n) is 32.2. The highest BCUT2D eigenvalue weighted by Gasteiger charge is 2.37. The Morgan fingerprint density at radius 3 is 1.93 bits per heavy atom. The van der Waals surface area contributed by atoms with E-state index < -0.39 is 0 Å². The Morgan fingerprint density at radius 2 is 1.22 bits per heavy atom. The van der Waals surface area contributed by atoms with Gasteiger partial charge in [-0.15, -0.1) is 0 Å². The molecule has 0 spiro atoms. The van der Waals surface area contributed by atoms with Crippen molar-refractivity contribution >= 4 is 28.0 Å². The first kappa shape index (κ1) is 34.0. The van der Waals surface area contributed by atoms with Crippen molar-refractivity contribution in [2.24, 2.45) is 4.99 Å². The van der Waals surface area contributed by atoms with Gasteiger partial charge in [0.2, 0.25) is 0 Å². The first-order valence-corrected chi connectivity index (χ1v) is 19.9. The van der Waals surface area contributed by atoms with Crippen molar-refractivity contribution in [2.75, 3.05) is 0 Å². The van der Waals surface area contributed by atoms with Gasteiger partial charge in [-0.2, -0.15) is 0 Å². The molecule has 1 aliphatic carbocycles. The Balaban J connectivity index is 1.25. The van der Waals surface area contributed by atoms with Crippen LogP contribution in [0.1, 0.15) is 43.1 Å². The van der Waals surface area contributed by atoms with E-state index in [1.807, 2.05) is 24.5 Å². The van der Waals surface area contributed by atoms with Crippen molar-refractivity contribution in [3.8, 4) is 61.8 Å². The minimum Gasteiger partial charge on any atom is -0.308 e. The summed E-state index contributed by atoms with van der Waals surface area (Å²) in [5.41, 5.74) is 14.8. The fourth-order valence-electron chi connectivity index (χ4n) is 9.15. The van der Waals surface area contributed by atoms with Gasteiger partial charge < -0.3 is 4.57 Å². The maximum absolute atomic E-state index is 5.23. The average molecular weight is 747 g/mol. The van der Waals surface area contributed by atoms with Crippen LogP contribution in [0.5, 0.6) is 0 Å². The van der Waals surface area contributed by atoms with E-state index in [2.05, 4.69) is 168 Å². The molecule has 276 valence electrons. The number of benzene rings is 6. The van der Waals surface area contributed by atoms with Crippen molar-refractivity contribution in [3.05, 3.63) is 187 Å². The smallest absolute Gasteiger partial charge is 0.163 e. The standard InChI is InChI=1S/C52H38N6/c1-52(2)42-19-11-9-17-38(42)46-43(52)21-22-45-47(46)39-18-10-12-20-44(39)58(45)48-40(33-13-5-3-6-14-33)31-37(32-41(48)34-15-7-4-8-16-34)51-56-49(35-23-27-53-28-24-35)55-50(57-51)36-25-29-54-30-26-36/h3-25,27-32,36H,26H2,1-2H3. The van der Waals surface area contributed by atoms with Crippen LogP contribution < -0.4 is 0 Å². The number of hydrogen-bond acceptors (Lipinski definition) is 5. The lowest BCUT2D eigenvalue weighted by Gasteiger charge is -2.22. The van der Waals surface area contributed by atoms with E-state index in [0.717, 1.165) is 51.0 Å². The quantitative estimate of drug-likeness (QED) is 0.170. The second kappa shape index (κ2) is 13.4. The molecule has 2 aliphatic rings. The average Bonchev–Trinajstić information content (AvgIpc) is 3.75. The SMILES string of the molecule is CC1(C)c2ccccc2-c2c1ccc1c2c2ccccc2n1-c1c(-c2ccccc2)cc(-c2nc(-c3ccncc3)nc(C3C=CN=CC3)n2)cc1-c1ccccc1. The second-order valence-corrected chi connectivity index (χ2v) is 15.6. The molecule has 6 aromatic carbocycles. The van der Waals surface area contributed by atoms with Gasteiger partial charge in [-0.05, 0) is 76.2 Å². The summed E-state index contributed by atoms with van der Waals surface area (Å²) in [5.74, 6) is 1.93. The molecule has 0 bridgehead atoms. The minimum absolute atomic E-state index is 0.0178. The molecule has 0 saturated heterocycles. The van der Waals surface area contributed by atoms with Gasteiger partial charge in [-0.25, -0.2) is 15.0 Å². The van der Waals surface area contributed by atoms with Crippen LogP contribution in [0.25, 0.3) is 83.6 Å². The predicted octanol–water partition coefficient (Wildman–Crippen LogP) is 12.4. The van der Waals surface area contributed by atoms with Crippen LogP contribution in [0, 0.1) is 0 Å². The summed E-state index contributed by atoms with van der Waals surface area (Å²) >= 11 is 0. The maximum Gasteiger partial charge on any atom is 0.163 e. The van der Waals surface area contributed by atoms with Crippen LogP contribution in [-0.2, 0) is 5.41 Å². The summed E-state index contributed by atoms with van der Waals surface area (Å²) < 4.78 is 2.50. The highest BCUT2D eigenvalue weighted by atomic mass is 15.0. The van der Waals surface area contributed by atoms with E-state index in [1.165, 1.54) is 38.5 Å². The molecule has 1 unspecified atom stereocenters. The highest BCUT2D eigenvalue weighted by Crippen LogP contribution is 2.54. The molecule has 0 saturated carbocycles. The van der Waals surface area contributed by atoms with E-state index in [9.17, 15) is 0 Å². The fraction of sp³-hybridized carbons (Fsp3) is 0.0962. The molecule has 6 heteroatoms. The third-order valence-electron chi connectivity index (χ3n) is 11.9. The first-order chi connectivity index (χ1) is 28.5. The lowest BCUT2D eigenvalue weighted by Crippen LogP contribution is -2.14. The topological polar surface area (TPSA) is 68.8 Å². The normalized spacial score (nSPS) is 15.2. The molecule has 0 fully saturated rings. The number of rotatable bonds is 6. The largest absolute Gasteiger partial charge is 0.308 e. The number of pyridine rings is 1. The van der Waals surface area contributed by atoms with Crippen molar-refractivity contribution in [2.45, 2.75) is 31.6 Å². The zero-order chi connectivity index (χ0) is 38.8. The lowest BCUT2D eigenvalue weighted by atomic mass is 9.82. The first-order valence-electron chi connectivity index (χ1n) is 19.9. The minimum atomic E-state index is -0.117. The third kappa shape index (κ3) is 5.36. The Morgan fingerprint density at radius 1 is 0.569 bits per heavy atom. The molecule has 11 rings (SSSR count). The van der Waals surface area contributed by atoms with Crippen LogP contribution in [0.3, 0.4) is 0 Å². The van der Waals surface area contributed by atoms with Gasteiger partial charge in [-0.3, -0.25) is 9.98 Å². The molecular weight excluding hydrogens is 709 g/mol. The molecule has 6 nitrogen and oxygen atoms in total. The number of aliphatic imine (C=N–C) groups is 1. The number of nitrogens with zero attached hydrogens (tertiary/aromatic N) is 6. The molecule has 3 aromatic heterocycles. The number of fused-ring (bicyclic) bond motifs is 7. The molecule has 0 amide bonds. The second-order valence-electron chi connectivity index (χ2n) is 15.6. The summed E-state index contributed by atoms with van der Waals surface area (Å²) in [4.78, 5) is 24.0. The molecular formula is C52H38N6. The van der Waals surface area contributed by atoms with Crippen LogP contribution in [-0.4, -0.2) is 30.7 Å². The Bertz CT molecular complexity index is 3050. The predicted molar refractivity (Wildman–Crippen MR) is 236 cm³/mol. The fourth-order valence-corrected chi connectivity index (χ4v) is 9.15. The third-order valence-corrected chi connectivity index (χ3v) is 11.9.